The molecule has 2 nitrogen and oxygen atoms in total. The summed E-state index contributed by atoms with van der Waals surface area (Å²) in [6, 6.07) is 6.45. The molecule has 0 atom stereocenters. The molecule has 0 amide bonds. The number of hydrogen-bond donors (Lipinski definition) is 0. The fourth-order valence-corrected chi connectivity index (χ4v) is 1.85. The van der Waals surface area contributed by atoms with Gasteiger partial charge in [-0.1, -0.05) is 12.1 Å². The molecule has 0 aliphatic heterocycles. The van der Waals surface area contributed by atoms with Crippen LogP contribution in [0.1, 0.15) is 18.4 Å². The van der Waals surface area contributed by atoms with Crippen molar-refractivity contribution in [3.05, 3.63) is 47.4 Å². The van der Waals surface area contributed by atoms with E-state index < -0.39 is 0 Å². The van der Waals surface area contributed by atoms with Gasteiger partial charge in [0.05, 0.1) is 0 Å². The molecule has 0 spiro atoms. The van der Waals surface area contributed by atoms with Gasteiger partial charge in [-0.3, -0.25) is 4.79 Å². The summed E-state index contributed by atoms with van der Waals surface area (Å²) in [5.74, 6) is -0.0254. The van der Waals surface area contributed by atoms with Crippen LogP contribution in [-0.4, -0.2) is 17.7 Å². The molecule has 1 aliphatic carbocycles. The van der Waals surface area contributed by atoms with E-state index in [9.17, 15) is 9.18 Å². The highest BCUT2D eigenvalue weighted by Gasteiger charge is 2.15. The van der Waals surface area contributed by atoms with Crippen LogP contribution in [-0.2, 0) is 11.3 Å². The SMILES string of the molecule is CN(Cc1ccc(F)cc1)C1=CC(=O)CC1. The third kappa shape index (κ3) is 2.48. The van der Waals surface area contributed by atoms with Crippen LogP contribution in [0.4, 0.5) is 4.39 Å². The number of hydrogen-bond acceptors (Lipinski definition) is 2. The van der Waals surface area contributed by atoms with Crippen molar-refractivity contribution in [3.8, 4) is 0 Å². The molecule has 0 heterocycles. The standard InChI is InChI=1S/C13H14FNO/c1-15(12-6-7-13(16)8-12)9-10-2-4-11(14)5-3-10/h2-5,8H,6-7,9H2,1H3. The molecule has 0 saturated carbocycles. The molecule has 2 rings (SSSR count). The highest BCUT2D eigenvalue weighted by atomic mass is 19.1. The van der Waals surface area contributed by atoms with Crippen molar-refractivity contribution < 1.29 is 9.18 Å². The van der Waals surface area contributed by atoms with Gasteiger partial charge in [-0.05, 0) is 24.1 Å². The van der Waals surface area contributed by atoms with Crippen molar-refractivity contribution in [1.29, 1.82) is 0 Å². The molecule has 0 unspecified atom stereocenters. The molecule has 3 heteroatoms. The Labute approximate surface area is 94.4 Å². The molecule has 1 aliphatic rings. The summed E-state index contributed by atoms with van der Waals surface area (Å²) in [4.78, 5) is 13.1. The Balaban J connectivity index is 2.02. The van der Waals surface area contributed by atoms with E-state index in [4.69, 9.17) is 0 Å². The molecule has 0 aromatic heterocycles. The molecule has 0 bridgehead atoms. The van der Waals surface area contributed by atoms with E-state index in [1.54, 1.807) is 18.2 Å². The first-order valence-electron chi connectivity index (χ1n) is 5.34. The van der Waals surface area contributed by atoms with Gasteiger partial charge in [-0.25, -0.2) is 4.39 Å². The second kappa shape index (κ2) is 4.47. The van der Waals surface area contributed by atoms with E-state index in [1.807, 2.05) is 11.9 Å². The maximum absolute atomic E-state index is 12.7. The molecular formula is C13H14FNO. The first kappa shape index (κ1) is 10.9. The lowest BCUT2D eigenvalue weighted by Crippen LogP contribution is -2.15. The maximum atomic E-state index is 12.7. The maximum Gasteiger partial charge on any atom is 0.157 e. The molecule has 0 radical (unpaired) electrons. The monoisotopic (exact) mass is 219 g/mol. The van der Waals surface area contributed by atoms with E-state index in [0.29, 0.717) is 13.0 Å². The molecule has 0 N–H and O–H groups in total. The fourth-order valence-electron chi connectivity index (χ4n) is 1.85. The van der Waals surface area contributed by atoms with Gasteiger partial charge in [-0.2, -0.15) is 0 Å². The van der Waals surface area contributed by atoms with Crippen molar-refractivity contribution in [2.24, 2.45) is 0 Å². The van der Waals surface area contributed by atoms with Gasteiger partial charge >= 0.3 is 0 Å². The van der Waals surface area contributed by atoms with Crippen LogP contribution in [0.2, 0.25) is 0 Å². The van der Waals surface area contributed by atoms with Crippen LogP contribution in [0.3, 0.4) is 0 Å². The van der Waals surface area contributed by atoms with Crippen LogP contribution in [0.25, 0.3) is 0 Å². The number of ketones is 1. The Morgan fingerprint density at radius 1 is 1.25 bits per heavy atom. The van der Waals surface area contributed by atoms with Gasteiger partial charge in [0.25, 0.3) is 0 Å². The van der Waals surface area contributed by atoms with Crippen LogP contribution in [0.15, 0.2) is 36.0 Å². The fraction of sp³-hybridized carbons (Fsp3) is 0.308. The van der Waals surface area contributed by atoms with E-state index in [1.165, 1.54) is 12.1 Å². The molecule has 16 heavy (non-hydrogen) atoms. The summed E-state index contributed by atoms with van der Waals surface area (Å²) in [5.41, 5.74) is 2.11. The van der Waals surface area contributed by atoms with E-state index in [0.717, 1.165) is 17.7 Å². The van der Waals surface area contributed by atoms with Crippen molar-refractivity contribution in [3.63, 3.8) is 0 Å². The normalized spacial score (nSPS) is 15.1. The number of rotatable bonds is 3. The number of carbonyl (C=O) groups is 1. The second-order valence-corrected chi connectivity index (χ2v) is 4.08. The lowest BCUT2D eigenvalue weighted by Gasteiger charge is -2.20. The second-order valence-electron chi connectivity index (χ2n) is 4.08. The van der Waals surface area contributed by atoms with Crippen molar-refractivity contribution in [2.75, 3.05) is 7.05 Å². The zero-order valence-corrected chi connectivity index (χ0v) is 9.24. The molecule has 1 aromatic rings. The molecule has 0 fully saturated rings. The van der Waals surface area contributed by atoms with E-state index >= 15 is 0 Å². The molecule has 84 valence electrons. The van der Waals surface area contributed by atoms with Gasteiger partial charge in [0.1, 0.15) is 5.82 Å². The third-order valence-electron chi connectivity index (χ3n) is 2.78. The highest BCUT2D eigenvalue weighted by molar-refractivity contribution is 5.92. The van der Waals surface area contributed by atoms with Crippen LogP contribution < -0.4 is 0 Å². The predicted octanol–water partition coefficient (Wildman–Crippen LogP) is 2.50. The summed E-state index contributed by atoms with van der Waals surface area (Å²) in [6.07, 6.45) is 3.13. The van der Waals surface area contributed by atoms with Crippen LogP contribution in [0.5, 0.6) is 0 Å². The predicted molar refractivity (Wildman–Crippen MR) is 60.2 cm³/mol. The zero-order chi connectivity index (χ0) is 11.5. The van der Waals surface area contributed by atoms with Gasteiger partial charge in [0.2, 0.25) is 0 Å². The van der Waals surface area contributed by atoms with Crippen LogP contribution in [0, 0.1) is 5.82 Å². The minimum atomic E-state index is -0.221. The number of benzene rings is 1. The highest BCUT2D eigenvalue weighted by Crippen LogP contribution is 2.19. The summed E-state index contributed by atoms with van der Waals surface area (Å²) < 4.78 is 12.7. The average molecular weight is 219 g/mol. The van der Waals surface area contributed by atoms with Crippen molar-refractivity contribution >= 4 is 5.78 Å². The Morgan fingerprint density at radius 3 is 2.50 bits per heavy atom. The summed E-state index contributed by atoms with van der Waals surface area (Å²) in [7, 11) is 1.95. The number of allylic oxidation sites excluding steroid dienone is 2. The first-order valence-corrected chi connectivity index (χ1v) is 5.34. The van der Waals surface area contributed by atoms with Gasteiger partial charge < -0.3 is 4.90 Å². The first-order chi connectivity index (χ1) is 7.65. The minimum absolute atomic E-state index is 0.195. The smallest absolute Gasteiger partial charge is 0.157 e. The van der Waals surface area contributed by atoms with Gasteiger partial charge in [-0.15, -0.1) is 0 Å². The van der Waals surface area contributed by atoms with E-state index in [2.05, 4.69) is 0 Å². The van der Waals surface area contributed by atoms with E-state index in [-0.39, 0.29) is 11.6 Å². The molecule has 1 aromatic carbocycles. The van der Waals surface area contributed by atoms with Gasteiger partial charge in [0, 0.05) is 31.8 Å². The summed E-state index contributed by atoms with van der Waals surface area (Å²) >= 11 is 0. The molecular weight excluding hydrogens is 205 g/mol. The van der Waals surface area contributed by atoms with Gasteiger partial charge in [0.15, 0.2) is 5.78 Å². The topological polar surface area (TPSA) is 20.3 Å². The van der Waals surface area contributed by atoms with Crippen molar-refractivity contribution in [1.82, 2.24) is 4.90 Å². The third-order valence-corrected chi connectivity index (χ3v) is 2.78. The average Bonchev–Trinajstić information content (AvgIpc) is 2.68. The van der Waals surface area contributed by atoms with Crippen molar-refractivity contribution in [2.45, 2.75) is 19.4 Å². The Bertz CT molecular complexity index is 422. The Hall–Kier alpha value is -1.64. The quantitative estimate of drug-likeness (QED) is 0.778. The van der Waals surface area contributed by atoms with Crippen LogP contribution >= 0.6 is 0 Å². The lowest BCUT2D eigenvalue weighted by atomic mass is 10.2. The summed E-state index contributed by atoms with van der Waals surface area (Å²) in [6.45, 7) is 0.708. The minimum Gasteiger partial charge on any atom is -0.373 e. The number of halogens is 1. The Kier molecular flexibility index (Phi) is 3.04. The Morgan fingerprint density at radius 2 is 1.94 bits per heavy atom. The summed E-state index contributed by atoms with van der Waals surface area (Å²) in [5, 5.41) is 0. The number of carbonyl (C=O) groups excluding carboxylic acids is 1. The lowest BCUT2D eigenvalue weighted by molar-refractivity contribution is -0.114. The largest absolute Gasteiger partial charge is 0.373 e. The molecule has 0 saturated heterocycles. The number of nitrogens with zero attached hydrogens (tertiary/aromatic N) is 1. The zero-order valence-electron chi connectivity index (χ0n) is 9.24.